The second kappa shape index (κ2) is 2.84. The molecule has 2 rings (SSSR count). The van der Waals surface area contributed by atoms with Crippen molar-refractivity contribution in [3.05, 3.63) is 12.3 Å². The maximum Gasteiger partial charge on any atom is 0.323 e. The predicted molar refractivity (Wildman–Crippen MR) is 41.9 cm³/mol. The summed E-state index contributed by atoms with van der Waals surface area (Å²) in [6.45, 7) is 1.45. The van der Waals surface area contributed by atoms with E-state index >= 15 is 0 Å². The fraction of sp³-hybridized carbons (Fsp3) is 0.429. The Balaban J connectivity index is 2.17. The van der Waals surface area contributed by atoms with E-state index in [0.29, 0.717) is 12.4 Å². The first-order valence-corrected chi connectivity index (χ1v) is 3.84. The van der Waals surface area contributed by atoms with Gasteiger partial charge >= 0.3 is 6.03 Å². The fourth-order valence-corrected chi connectivity index (χ4v) is 1.19. The van der Waals surface area contributed by atoms with E-state index in [1.165, 1.54) is 6.26 Å². The van der Waals surface area contributed by atoms with Crippen molar-refractivity contribution >= 4 is 11.8 Å². The number of aromatic nitrogens is 1. The molecule has 5 nitrogen and oxygen atoms in total. The first kappa shape index (κ1) is 7.15. The molecule has 64 valence electrons. The minimum Gasteiger partial charge on any atom is -0.363 e. The lowest BCUT2D eigenvalue weighted by molar-refractivity contribution is 0.242. The van der Waals surface area contributed by atoms with E-state index in [1.807, 2.05) is 0 Å². The first-order chi connectivity index (χ1) is 5.88. The van der Waals surface area contributed by atoms with Crippen LogP contribution < -0.4 is 10.2 Å². The van der Waals surface area contributed by atoms with Gasteiger partial charge in [0.15, 0.2) is 5.82 Å². The summed E-state index contributed by atoms with van der Waals surface area (Å²) < 4.78 is 4.64. The van der Waals surface area contributed by atoms with Gasteiger partial charge in [-0.2, -0.15) is 0 Å². The maximum absolute atomic E-state index is 11.2. The van der Waals surface area contributed by atoms with Gasteiger partial charge in [0, 0.05) is 19.2 Å². The number of nitrogens with zero attached hydrogens (tertiary/aromatic N) is 2. The molecule has 1 fully saturated rings. The third-order valence-corrected chi connectivity index (χ3v) is 1.78. The molecule has 0 aromatic carbocycles. The Labute approximate surface area is 69.3 Å². The van der Waals surface area contributed by atoms with Crippen LogP contribution in [-0.2, 0) is 0 Å². The van der Waals surface area contributed by atoms with Gasteiger partial charge in [0.25, 0.3) is 0 Å². The lowest BCUT2D eigenvalue weighted by atomic mass is 10.3. The zero-order chi connectivity index (χ0) is 8.39. The molecule has 0 unspecified atom stereocenters. The van der Waals surface area contributed by atoms with Crippen LogP contribution in [0.25, 0.3) is 0 Å². The molecule has 1 aromatic rings. The number of carbonyl (C=O) groups excluding carboxylic acids is 1. The molecule has 0 spiro atoms. The van der Waals surface area contributed by atoms with Crippen LogP contribution in [0, 0.1) is 0 Å². The highest BCUT2D eigenvalue weighted by molar-refractivity contribution is 5.91. The van der Waals surface area contributed by atoms with Crippen molar-refractivity contribution in [2.75, 3.05) is 18.0 Å². The average molecular weight is 167 g/mol. The van der Waals surface area contributed by atoms with Crippen molar-refractivity contribution in [1.29, 1.82) is 0 Å². The minimum absolute atomic E-state index is 0.102. The number of nitrogens with one attached hydrogen (secondary N) is 1. The highest BCUT2D eigenvalue weighted by Crippen LogP contribution is 2.12. The van der Waals surface area contributed by atoms with Crippen LogP contribution in [0.15, 0.2) is 16.9 Å². The fourth-order valence-electron chi connectivity index (χ4n) is 1.19. The van der Waals surface area contributed by atoms with E-state index in [4.69, 9.17) is 0 Å². The molecule has 12 heavy (non-hydrogen) atoms. The van der Waals surface area contributed by atoms with Crippen LogP contribution in [0.3, 0.4) is 0 Å². The van der Waals surface area contributed by atoms with E-state index in [0.717, 1.165) is 13.0 Å². The van der Waals surface area contributed by atoms with Crippen LogP contribution in [-0.4, -0.2) is 24.3 Å². The topological polar surface area (TPSA) is 58.4 Å². The van der Waals surface area contributed by atoms with Crippen LogP contribution in [0.1, 0.15) is 6.42 Å². The monoisotopic (exact) mass is 167 g/mol. The molecule has 1 aliphatic heterocycles. The quantitative estimate of drug-likeness (QED) is 0.666. The number of hydrogen-bond donors (Lipinski definition) is 1. The van der Waals surface area contributed by atoms with Gasteiger partial charge in [0.1, 0.15) is 6.26 Å². The number of urea groups is 1. The first-order valence-electron chi connectivity index (χ1n) is 3.84. The van der Waals surface area contributed by atoms with Gasteiger partial charge < -0.3 is 9.84 Å². The lowest BCUT2D eigenvalue weighted by Crippen LogP contribution is -2.46. The third kappa shape index (κ3) is 1.13. The van der Waals surface area contributed by atoms with Gasteiger partial charge in [-0.25, -0.2) is 4.79 Å². The van der Waals surface area contributed by atoms with Crippen molar-refractivity contribution < 1.29 is 9.32 Å². The molecule has 0 bridgehead atoms. The normalized spacial score (nSPS) is 17.7. The van der Waals surface area contributed by atoms with Crippen LogP contribution in [0.2, 0.25) is 0 Å². The molecule has 1 N–H and O–H groups in total. The third-order valence-electron chi connectivity index (χ3n) is 1.78. The van der Waals surface area contributed by atoms with Gasteiger partial charge in [-0.05, 0) is 6.42 Å². The molecule has 0 radical (unpaired) electrons. The molecule has 2 amide bonds. The van der Waals surface area contributed by atoms with Crippen molar-refractivity contribution in [2.45, 2.75) is 6.42 Å². The zero-order valence-corrected chi connectivity index (χ0v) is 6.49. The van der Waals surface area contributed by atoms with Crippen LogP contribution in [0.5, 0.6) is 0 Å². The maximum atomic E-state index is 11.2. The van der Waals surface area contributed by atoms with Crippen LogP contribution in [0.4, 0.5) is 10.6 Å². The smallest absolute Gasteiger partial charge is 0.323 e. The van der Waals surface area contributed by atoms with Crippen molar-refractivity contribution in [3.8, 4) is 0 Å². The van der Waals surface area contributed by atoms with E-state index in [9.17, 15) is 4.79 Å². The van der Waals surface area contributed by atoms with E-state index in [1.54, 1.807) is 11.0 Å². The Kier molecular flexibility index (Phi) is 1.69. The molecular formula is C7H9N3O2. The summed E-state index contributed by atoms with van der Waals surface area (Å²) in [6, 6.07) is 1.57. The van der Waals surface area contributed by atoms with Gasteiger partial charge in [-0.3, -0.25) is 4.90 Å². The van der Waals surface area contributed by atoms with Crippen molar-refractivity contribution in [1.82, 2.24) is 10.5 Å². The molecule has 0 saturated carbocycles. The van der Waals surface area contributed by atoms with Gasteiger partial charge in [-0.1, -0.05) is 5.16 Å². The number of amides is 2. The average Bonchev–Trinajstić information content (AvgIpc) is 2.57. The van der Waals surface area contributed by atoms with Crippen LogP contribution >= 0.6 is 0 Å². The molecule has 1 saturated heterocycles. The Bertz CT molecular complexity index is 270. The summed E-state index contributed by atoms with van der Waals surface area (Å²) in [5.74, 6) is 0.576. The Morgan fingerprint density at radius 2 is 2.58 bits per heavy atom. The standard InChI is InChI=1S/C7H9N3O2/c11-7-8-3-1-4-10(7)6-2-5-12-9-6/h2,5H,1,3-4H2,(H,8,11). The molecule has 1 aliphatic rings. The number of hydrogen-bond acceptors (Lipinski definition) is 3. The summed E-state index contributed by atoms with van der Waals surface area (Å²) in [7, 11) is 0. The van der Waals surface area contributed by atoms with E-state index in [2.05, 4.69) is 15.0 Å². The molecule has 0 atom stereocenters. The largest absolute Gasteiger partial charge is 0.363 e. The zero-order valence-electron chi connectivity index (χ0n) is 6.49. The molecular weight excluding hydrogens is 158 g/mol. The molecule has 2 heterocycles. The number of carbonyl (C=O) groups is 1. The molecule has 0 aliphatic carbocycles. The highest BCUT2D eigenvalue weighted by Gasteiger charge is 2.20. The minimum atomic E-state index is -0.102. The Morgan fingerprint density at radius 1 is 1.67 bits per heavy atom. The van der Waals surface area contributed by atoms with Gasteiger partial charge in [-0.15, -0.1) is 0 Å². The summed E-state index contributed by atoms with van der Waals surface area (Å²) in [5, 5.41) is 6.41. The molecule has 1 aromatic heterocycles. The Hall–Kier alpha value is -1.52. The number of anilines is 1. The second-order valence-electron chi connectivity index (χ2n) is 2.59. The lowest BCUT2D eigenvalue weighted by Gasteiger charge is -2.24. The van der Waals surface area contributed by atoms with Gasteiger partial charge in [0.05, 0.1) is 0 Å². The van der Waals surface area contributed by atoms with E-state index in [-0.39, 0.29) is 6.03 Å². The van der Waals surface area contributed by atoms with Gasteiger partial charge in [0.2, 0.25) is 0 Å². The summed E-state index contributed by atoms with van der Waals surface area (Å²) in [6.07, 6.45) is 2.40. The van der Waals surface area contributed by atoms with Crippen molar-refractivity contribution in [2.24, 2.45) is 0 Å². The van der Waals surface area contributed by atoms with E-state index < -0.39 is 0 Å². The SMILES string of the molecule is O=C1NCCCN1c1ccon1. The Morgan fingerprint density at radius 3 is 3.25 bits per heavy atom. The number of rotatable bonds is 1. The second-order valence-corrected chi connectivity index (χ2v) is 2.59. The summed E-state index contributed by atoms with van der Waals surface area (Å²) in [5.41, 5.74) is 0. The predicted octanol–water partition coefficient (Wildman–Crippen LogP) is 0.594. The van der Waals surface area contributed by atoms with Crippen molar-refractivity contribution in [3.63, 3.8) is 0 Å². The molecule has 5 heteroatoms. The highest BCUT2D eigenvalue weighted by atomic mass is 16.5. The summed E-state index contributed by atoms with van der Waals surface area (Å²) in [4.78, 5) is 12.8. The summed E-state index contributed by atoms with van der Waals surface area (Å²) >= 11 is 0.